The third kappa shape index (κ3) is 4.18. The van der Waals surface area contributed by atoms with Crippen molar-refractivity contribution in [3.63, 3.8) is 0 Å². The molecule has 0 aliphatic carbocycles. The van der Waals surface area contributed by atoms with Crippen molar-refractivity contribution >= 4 is 42.4 Å². The van der Waals surface area contributed by atoms with Crippen LogP contribution in [0.25, 0.3) is 21.0 Å². The van der Waals surface area contributed by atoms with Crippen molar-refractivity contribution in [2.24, 2.45) is 0 Å². The lowest BCUT2D eigenvalue weighted by Gasteiger charge is -2.05. The Bertz CT molecular complexity index is 1190. The van der Waals surface area contributed by atoms with Gasteiger partial charge in [0.25, 0.3) is 0 Å². The molecule has 0 saturated heterocycles. The first-order valence-electron chi connectivity index (χ1n) is 8.64. The first kappa shape index (κ1) is 19.5. The van der Waals surface area contributed by atoms with E-state index in [-0.39, 0.29) is 4.90 Å². The monoisotopic (exact) mass is 399 g/mol. The normalized spacial score (nSPS) is 11.4. The first-order valence-corrected chi connectivity index (χ1v) is 10.9. The fourth-order valence-corrected chi connectivity index (χ4v) is 4.62. The molecule has 0 atom stereocenters. The number of aromatic nitrogens is 1. The fourth-order valence-electron chi connectivity index (χ4n) is 3.05. The number of hydrogen-bond acceptors (Lipinski definition) is 4. The third-order valence-corrected chi connectivity index (χ3v) is 6.31. The molecule has 4 nitrogen and oxygen atoms in total. The summed E-state index contributed by atoms with van der Waals surface area (Å²) in [5.41, 5.74) is 2.32. The van der Waals surface area contributed by atoms with Crippen LogP contribution in [0.4, 0.5) is 0 Å². The van der Waals surface area contributed by atoms with Crippen LogP contribution in [0.2, 0.25) is 0 Å². The fraction of sp³-hybridized carbons (Fsp3) is 0.190. The second-order valence-electron chi connectivity index (χ2n) is 6.27. The highest BCUT2D eigenvalue weighted by Gasteiger charge is 2.17. The van der Waals surface area contributed by atoms with Crippen LogP contribution in [0.15, 0.2) is 65.6 Å². The van der Waals surface area contributed by atoms with Gasteiger partial charge in [-0.1, -0.05) is 53.3 Å². The lowest BCUT2D eigenvalue weighted by molar-refractivity contribution is -0.668. The van der Waals surface area contributed by atoms with Crippen molar-refractivity contribution in [3.8, 4) is 0 Å². The highest BCUT2D eigenvalue weighted by Crippen LogP contribution is 2.27. The Hall–Kier alpha value is -2.28. The first-order chi connectivity index (χ1) is 12.8. The zero-order chi connectivity index (χ0) is 19.6. The highest BCUT2D eigenvalue weighted by atomic mass is 32.2. The van der Waals surface area contributed by atoms with Crippen LogP contribution in [0.5, 0.6) is 0 Å². The van der Waals surface area contributed by atoms with Gasteiger partial charge < -0.3 is 4.55 Å². The van der Waals surface area contributed by atoms with Gasteiger partial charge in [0, 0.05) is 6.92 Å². The summed E-state index contributed by atoms with van der Waals surface area (Å²) in [6.45, 7) is 7.27. The Kier molecular flexibility index (Phi) is 5.60. The van der Waals surface area contributed by atoms with E-state index in [1.54, 1.807) is 12.1 Å². The Morgan fingerprint density at radius 3 is 2.26 bits per heavy atom. The molecular formula is C21H21NO3S2. The van der Waals surface area contributed by atoms with Gasteiger partial charge in [0.15, 0.2) is 0 Å². The average Bonchev–Trinajstić information content (AvgIpc) is 2.97. The Morgan fingerprint density at radius 2 is 1.63 bits per heavy atom. The van der Waals surface area contributed by atoms with Crippen molar-refractivity contribution in [2.45, 2.75) is 32.2 Å². The summed E-state index contributed by atoms with van der Waals surface area (Å²) in [7, 11) is -4.27. The predicted octanol–water partition coefficient (Wildman–Crippen LogP) is 4.57. The van der Waals surface area contributed by atoms with Crippen LogP contribution in [0.1, 0.15) is 17.5 Å². The molecule has 0 fully saturated rings. The third-order valence-electron chi connectivity index (χ3n) is 4.40. The predicted molar refractivity (Wildman–Crippen MR) is 109 cm³/mol. The highest BCUT2D eigenvalue weighted by molar-refractivity contribution is 7.85. The van der Waals surface area contributed by atoms with E-state index in [2.05, 4.69) is 54.8 Å². The van der Waals surface area contributed by atoms with Crippen LogP contribution in [-0.4, -0.2) is 13.0 Å². The largest absolute Gasteiger partial charge is 0.744 e. The second kappa shape index (κ2) is 7.76. The smallest absolute Gasteiger partial charge is 0.235 e. The summed E-state index contributed by atoms with van der Waals surface area (Å²) in [6, 6.07) is 18.9. The maximum Gasteiger partial charge on any atom is 0.235 e. The minimum Gasteiger partial charge on any atom is -0.744 e. The van der Waals surface area contributed by atoms with Crippen LogP contribution < -0.4 is 4.57 Å². The maximum absolute atomic E-state index is 10.4. The van der Waals surface area contributed by atoms with Gasteiger partial charge in [0.05, 0.1) is 10.3 Å². The van der Waals surface area contributed by atoms with E-state index in [1.165, 1.54) is 38.1 Å². The van der Waals surface area contributed by atoms with Crippen molar-refractivity contribution in [3.05, 3.63) is 71.2 Å². The Balaban J connectivity index is 0.000000168. The SMILES string of the molecule is CC[n+]1c(C)sc2ccc3ccccc3c21.Cc1ccc(S(=O)(=O)[O-])cc1. The van der Waals surface area contributed by atoms with Gasteiger partial charge in [-0.2, -0.15) is 4.57 Å². The molecule has 0 aliphatic heterocycles. The van der Waals surface area contributed by atoms with Crippen LogP contribution in [-0.2, 0) is 16.7 Å². The molecule has 0 bridgehead atoms. The molecule has 0 aliphatic rings. The molecule has 0 saturated carbocycles. The van der Waals surface area contributed by atoms with Gasteiger partial charge in [0.2, 0.25) is 10.5 Å². The molecule has 0 radical (unpaired) electrons. The van der Waals surface area contributed by atoms with Crippen LogP contribution >= 0.6 is 11.3 Å². The summed E-state index contributed by atoms with van der Waals surface area (Å²) in [5.74, 6) is 0. The van der Waals surface area contributed by atoms with Gasteiger partial charge in [-0.25, -0.2) is 8.42 Å². The molecule has 4 aromatic rings. The lowest BCUT2D eigenvalue weighted by Crippen LogP contribution is -2.33. The average molecular weight is 400 g/mol. The number of aryl methyl sites for hydroxylation is 3. The van der Waals surface area contributed by atoms with Gasteiger partial charge in [-0.3, -0.25) is 0 Å². The van der Waals surface area contributed by atoms with E-state index in [4.69, 9.17) is 0 Å². The zero-order valence-corrected chi connectivity index (χ0v) is 17.1. The molecular weight excluding hydrogens is 378 g/mol. The van der Waals surface area contributed by atoms with Crippen molar-refractivity contribution in [2.75, 3.05) is 0 Å². The minimum absolute atomic E-state index is 0.178. The molecule has 3 aromatic carbocycles. The maximum atomic E-state index is 10.4. The van der Waals surface area contributed by atoms with E-state index in [0.717, 1.165) is 12.1 Å². The molecule has 4 rings (SSSR count). The number of fused-ring (bicyclic) bond motifs is 3. The van der Waals surface area contributed by atoms with E-state index >= 15 is 0 Å². The number of thiazole rings is 1. The molecule has 0 amide bonds. The van der Waals surface area contributed by atoms with Crippen molar-refractivity contribution in [1.82, 2.24) is 0 Å². The molecule has 1 heterocycles. The lowest BCUT2D eigenvalue weighted by atomic mass is 10.1. The Labute approximate surface area is 163 Å². The van der Waals surface area contributed by atoms with Gasteiger partial charge in [0.1, 0.15) is 21.4 Å². The molecule has 0 unspecified atom stereocenters. The molecule has 27 heavy (non-hydrogen) atoms. The summed E-state index contributed by atoms with van der Waals surface area (Å²) in [6.07, 6.45) is 0. The van der Waals surface area contributed by atoms with Crippen molar-refractivity contribution < 1.29 is 17.5 Å². The van der Waals surface area contributed by atoms with E-state index in [9.17, 15) is 13.0 Å². The number of benzene rings is 3. The Morgan fingerprint density at radius 1 is 0.963 bits per heavy atom. The summed E-state index contributed by atoms with van der Waals surface area (Å²) in [4.78, 5) is -0.178. The van der Waals surface area contributed by atoms with E-state index in [0.29, 0.717) is 0 Å². The number of rotatable bonds is 2. The molecule has 1 aromatic heterocycles. The number of nitrogens with zero attached hydrogens (tertiary/aromatic N) is 1. The van der Waals surface area contributed by atoms with Crippen LogP contribution in [0.3, 0.4) is 0 Å². The van der Waals surface area contributed by atoms with E-state index in [1.807, 2.05) is 18.3 Å². The van der Waals surface area contributed by atoms with Crippen LogP contribution in [0, 0.1) is 13.8 Å². The summed E-state index contributed by atoms with van der Waals surface area (Å²) >= 11 is 1.88. The standard InChI is InChI=1S/C14H14NS.C7H8O3S/c1-3-15-10(2)16-13-9-8-11-6-4-5-7-12(11)14(13)15;1-6-2-4-7(5-3-6)11(8,9)10/h4-9H,3H2,1-2H3;2-5H,1H3,(H,8,9,10)/q+1;/p-1. The zero-order valence-electron chi connectivity index (χ0n) is 15.5. The molecule has 0 spiro atoms. The minimum atomic E-state index is -4.27. The molecule has 6 heteroatoms. The topological polar surface area (TPSA) is 61.1 Å². The van der Waals surface area contributed by atoms with Gasteiger partial charge >= 0.3 is 0 Å². The molecule has 0 N–H and O–H groups in total. The molecule has 140 valence electrons. The summed E-state index contributed by atoms with van der Waals surface area (Å²) < 4.78 is 35.0. The van der Waals surface area contributed by atoms with Gasteiger partial charge in [-0.15, -0.1) is 0 Å². The van der Waals surface area contributed by atoms with Gasteiger partial charge in [-0.05, 0) is 43.5 Å². The summed E-state index contributed by atoms with van der Waals surface area (Å²) in [5, 5.41) is 4.08. The quantitative estimate of drug-likeness (QED) is 0.366. The van der Waals surface area contributed by atoms with Crippen molar-refractivity contribution in [1.29, 1.82) is 0 Å². The van der Waals surface area contributed by atoms with E-state index < -0.39 is 10.1 Å². The second-order valence-corrected chi connectivity index (χ2v) is 8.88. The number of hydrogen-bond donors (Lipinski definition) is 0.